The van der Waals surface area contributed by atoms with Crippen molar-refractivity contribution in [3.63, 3.8) is 0 Å². The Labute approximate surface area is 177 Å². The number of allylic oxidation sites excluding steroid dienone is 1. The van der Waals surface area contributed by atoms with Gasteiger partial charge in [0.2, 0.25) is 0 Å². The normalized spacial score (nSPS) is 26.9. The molecule has 3 aliphatic carbocycles. The van der Waals surface area contributed by atoms with Crippen LogP contribution in [-0.2, 0) is 0 Å². The Balaban J connectivity index is 1.24. The number of carbonyl (C=O) groups excluding carboxylic acids is 1. The Morgan fingerprint density at radius 3 is 2.68 bits per heavy atom. The van der Waals surface area contributed by atoms with Crippen LogP contribution in [0, 0.1) is 17.3 Å². The molecular weight excluding hydrogens is 393 g/mol. The number of halogens is 2. The van der Waals surface area contributed by atoms with Crippen molar-refractivity contribution in [3.8, 4) is 0 Å². The van der Waals surface area contributed by atoms with E-state index in [0.29, 0.717) is 21.1 Å². The number of rotatable bonds is 4. The number of nitrogens with zero attached hydrogens (tertiary/aromatic N) is 1. The lowest BCUT2D eigenvalue weighted by molar-refractivity contribution is -0.0113. The van der Waals surface area contributed by atoms with E-state index >= 15 is 0 Å². The minimum atomic E-state index is -0.222. The van der Waals surface area contributed by atoms with Crippen LogP contribution in [0.1, 0.15) is 39.5 Å². The van der Waals surface area contributed by atoms with Crippen molar-refractivity contribution in [2.75, 3.05) is 25.0 Å². The number of nitrogens with one attached hydrogen (secondary N) is 2. The van der Waals surface area contributed by atoms with Crippen molar-refractivity contribution in [2.24, 2.45) is 17.3 Å². The fourth-order valence-corrected chi connectivity index (χ4v) is 5.44. The zero-order valence-corrected chi connectivity index (χ0v) is 18.1. The SMILES string of the molecule is CC1(C)C2C[C@@H]1CC=C2CN1CCC(NC(=O)Nc2cccc(Cl)c2Cl)CC1. The molecule has 1 unspecified atom stereocenters. The fourth-order valence-electron chi connectivity index (χ4n) is 5.09. The zero-order valence-electron chi connectivity index (χ0n) is 16.6. The van der Waals surface area contributed by atoms with Crippen LogP contribution in [-0.4, -0.2) is 36.6 Å². The van der Waals surface area contributed by atoms with Gasteiger partial charge in [0.1, 0.15) is 0 Å². The topological polar surface area (TPSA) is 44.4 Å². The van der Waals surface area contributed by atoms with E-state index in [1.165, 1.54) is 12.8 Å². The third-order valence-corrected chi connectivity index (χ3v) is 7.93. The Morgan fingerprint density at radius 1 is 1.25 bits per heavy atom. The van der Waals surface area contributed by atoms with Gasteiger partial charge in [-0.05, 0) is 55.1 Å². The molecule has 0 aromatic heterocycles. The average Bonchev–Trinajstić information content (AvgIpc) is 2.67. The van der Waals surface area contributed by atoms with Gasteiger partial charge < -0.3 is 10.6 Å². The Morgan fingerprint density at radius 2 is 2.00 bits per heavy atom. The number of likely N-dealkylation sites (tertiary alicyclic amines) is 1. The monoisotopic (exact) mass is 421 g/mol. The maximum Gasteiger partial charge on any atom is 0.319 e. The van der Waals surface area contributed by atoms with Crippen molar-refractivity contribution in [2.45, 2.75) is 45.6 Å². The minimum absolute atomic E-state index is 0.194. The number of amides is 2. The zero-order chi connectivity index (χ0) is 19.9. The molecule has 1 aliphatic heterocycles. The standard InChI is InChI=1S/C22H29Cl2N3O/c1-22(2)15-7-6-14(17(22)12-15)13-27-10-8-16(9-11-27)25-21(28)26-19-5-3-4-18(23)20(19)24/h3-6,15-17H,7-13H2,1-2H3,(H2,25,26,28)/t15-,17?/m0/s1. The molecule has 0 spiro atoms. The third-order valence-electron chi connectivity index (χ3n) is 7.11. The van der Waals surface area contributed by atoms with Crippen molar-refractivity contribution >= 4 is 34.9 Å². The summed E-state index contributed by atoms with van der Waals surface area (Å²) in [5.41, 5.74) is 2.67. The van der Waals surface area contributed by atoms with Crippen LogP contribution < -0.4 is 10.6 Å². The van der Waals surface area contributed by atoms with Gasteiger partial charge in [-0.1, -0.05) is 54.8 Å². The summed E-state index contributed by atoms with van der Waals surface area (Å²) >= 11 is 12.1. The molecule has 1 aromatic rings. The Hall–Kier alpha value is -1.23. The molecule has 4 aliphatic rings. The van der Waals surface area contributed by atoms with Crippen LogP contribution in [0.25, 0.3) is 0 Å². The summed E-state index contributed by atoms with van der Waals surface area (Å²) < 4.78 is 0. The highest BCUT2D eigenvalue weighted by molar-refractivity contribution is 6.43. The average molecular weight is 422 g/mol. The van der Waals surface area contributed by atoms with E-state index in [2.05, 4.69) is 35.5 Å². The van der Waals surface area contributed by atoms with E-state index in [9.17, 15) is 4.79 Å². The summed E-state index contributed by atoms with van der Waals surface area (Å²) in [5.74, 6) is 1.66. The van der Waals surface area contributed by atoms with Crippen LogP contribution in [0.2, 0.25) is 10.0 Å². The molecule has 2 N–H and O–H groups in total. The molecule has 4 nitrogen and oxygen atoms in total. The van der Waals surface area contributed by atoms with Crippen LogP contribution in [0.15, 0.2) is 29.8 Å². The van der Waals surface area contributed by atoms with Crippen LogP contribution >= 0.6 is 23.2 Å². The molecule has 28 heavy (non-hydrogen) atoms. The van der Waals surface area contributed by atoms with E-state index < -0.39 is 0 Å². The minimum Gasteiger partial charge on any atom is -0.335 e. The molecule has 152 valence electrons. The van der Waals surface area contributed by atoms with Crippen molar-refractivity contribution in [1.29, 1.82) is 0 Å². The van der Waals surface area contributed by atoms with Crippen molar-refractivity contribution in [1.82, 2.24) is 10.2 Å². The molecule has 2 fully saturated rings. The summed E-state index contributed by atoms with van der Waals surface area (Å²) in [5, 5.41) is 6.69. The second-order valence-electron chi connectivity index (χ2n) is 9.07. The van der Waals surface area contributed by atoms with Gasteiger partial charge in [-0.25, -0.2) is 4.79 Å². The number of piperidine rings is 1. The highest BCUT2D eigenvalue weighted by Crippen LogP contribution is 2.59. The predicted molar refractivity (Wildman–Crippen MR) is 116 cm³/mol. The number of carbonyl (C=O) groups is 1. The maximum atomic E-state index is 12.3. The highest BCUT2D eigenvalue weighted by Gasteiger charge is 2.51. The second kappa shape index (κ2) is 7.89. The molecule has 1 saturated carbocycles. The Bertz CT molecular complexity index is 784. The van der Waals surface area contributed by atoms with Crippen molar-refractivity contribution in [3.05, 3.63) is 39.9 Å². The largest absolute Gasteiger partial charge is 0.335 e. The van der Waals surface area contributed by atoms with E-state index in [0.717, 1.165) is 44.3 Å². The van der Waals surface area contributed by atoms with Gasteiger partial charge in [0.15, 0.2) is 0 Å². The molecule has 2 bridgehead atoms. The van der Waals surface area contributed by atoms with E-state index in [4.69, 9.17) is 23.2 Å². The quantitative estimate of drug-likeness (QED) is 0.623. The summed E-state index contributed by atoms with van der Waals surface area (Å²) in [6.07, 6.45) is 7.07. The number of urea groups is 1. The van der Waals surface area contributed by atoms with Gasteiger partial charge in [-0.3, -0.25) is 4.90 Å². The van der Waals surface area contributed by atoms with E-state index in [1.807, 2.05) is 0 Å². The molecular formula is C22H29Cl2N3O. The molecule has 0 radical (unpaired) electrons. The van der Waals surface area contributed by atoms with Gasteiger partial charge in [-0.15, -0.1) is 0 Å². The summed E-state index contributed by atoms with van der Waals surface area (Å²) in [6, 6.07) is 5.20. The van der Waals surface area contributed by atoms with Crippen LogP contribution in [0.4, 0.5) is 10.5 Å². The molecule has 6 heteroatoms. The lowest BCUT2D eigenvalue weighted by Crippen LogP contribution is -2.51. The highest BCUT2D eigenvalue weighted by atomic mass is 35.5. The van der Waals surface area contributed by atoms with Crippen molar-refractivity contribution < 1.29 is 4.79 Å². The number of benzene rings is 1. The first-order valence-electron chi connectivity index (χ1n) is 10.3. The molecule has 2 amide bonds. The van der Waals surface area contributed by atoms with E-state index in [-0.39, 0.29) is 12.1 Å². The molecule has 1 heterocycles. The number of hydrogen-bond donors (Lipinski definition) is 2. The number of fused-ring (bicyclic) bond motifs is 1. The van der Waals surface area contributed by atoms with Gasteiger partial charge in [0.25, 0.3) is 0 Å². The first kappa shape index (κ1) is 20.1. The Kier molecular flexibility index (Phi) is 5.65. The fraction of sp³-hybridized carbons (Fsp3) is 0.591. The van der Waals surface area contributed by atoms with Gasteiger partial charge in [0.05, 0.1) is 15.7 Å². The molecule has 5 rings (SSSR count). The number of anilines is 1. The molecule has 1 saturated heterocycles. The first-order valence-corrected chi connectivity index (χ1v) is 11.0. The van der Waals surface area contributed by atoms with Gasteiger partial charge >= 0.3 is 6.03 Å². The third kappa shape index (κ3) is 3.92. The molecule has 1 aromatic carbocycles. The van der Waals surface area contributed by atoms with Crippen LogP contribution in [0.5, 0.6) is 0 Å². The first-order chi connectivity index (χ1) is 13.3. The second-order valence-corrected chi connectivity index (χ2v) is 9.86. The smallest absolute Gasteiger partial charge is 0.319 e. The van der Waals surface area contributed by atoms with E-state index in [1.54, 1.807) is 23.8 Å². The lowest BCUT2D eigenvalue weighted by atomic mass is 9.49. The number of hydrogen-bond acceptors (Lipinski definition) is 2. The van der Waals surface area contributed by atoms with Crippen LogP contribution in [0.3, 0.4) is 0 Å². The van der Waals surface area contributed by atoms with Gasteiger partial charge in [-0.2, -0.15) is 0 Å². The lowest BCUT2D eigenvalue weighted by Gasteiger charge is -2.57. The summed E-state index contributed by atoms with van der Waals surface area (Å²) in [7, 11) is 0. The maximum absolute atomic E-state index is 12.3. The summed E-state index contributed by atoms with van der Waals surface area (Å²) in [6.45, 7) is 8.00. The molecule has 2 atom stereocenters. The van der Waals surface area contributed by atoms with Gasteiger partial charge in [0, 0.05) is 25.7 Å². The predicted octanol–water partition coefficient (Wildman–Crippen LogP) is 5.57. The summed E-state index contributed by atoms with van der Waals surface area (Å²) in [4.78, 5) is 14.9.